The lowest BCUT2D eigenvalue weighted by molar-refractivity contribution is 0.129. The number of unbranched alkanes of at least 4 members (excludes halogenated alkanes) is 2. The molecule has 0 aliphatic heterocycles. The molecule has 0 fully saturated rings. The van der Waals surface area contributed by atoms with Crippen molar-refractivity contribution in [1.82, 2.24) is 0 Å². The van der Waals surface area contributed by atoms with E-state index >= 15 is 0 Å². The molecule has 0 aliphatic carbocycles. The van der Waals surface area contributed by atoms with Crippen LogP contribution in [0.25, 0.3) is 0 Å². The second-order valence-electron chi connectivity index (χ2n) is 4.37. The zero-order valence-electron chi connectivity index (χ0n) is 10.7. The average molecular weight is 230 g/mol. The summed E-state index contributed by atoms with van der Waals surface area (Å²) in [5, 5.41) is 0. The molecule has 0 aromatic heterocycles. The summed E-state index contributed by atoms with van der Waals surface area (Å²) in [6.45, 7) is 12.0. The van der Waals surface area contributed by atoms with Gasteiger partial charge < -0.3 is 8.85 Å². The molecule has 0 unspecified atom stereocenters. The molecule has 0 spiro atoms. The minimum absolute atomic E-state index is 0.292. The summed E-state index contributed by atoms with van der Waals surface area (Å²) in [5.41, 5.74) is 0. The first kappa shape index (κ1) is 14.9. The van der Waals surface area contributed by atoms with Gasteiger partial charge in [0.2, 0.25) is 0 Å². The van der Waals surface area contributed by atoms with Gasteiger partial charge in [-0.05, 0) is 46.6 Å². The molecule has 15 heavy (non-hydrogen) atoms. The molecule has 0 bridgehead atoms. The van der Waals surface area contributed by atoms with Crippen molar-refractivity contribution in [3.8, 4) is 0 Å². The molecule has 0 aliphatic rings. The standard InChI is InChI=1S/C12H26O2Si/c1-6-7-8-9-10-15(13-11(2)3)14-12(4)5/h6,11-12,15H,1,7-10H2,2-5H3. The molecule has 0 heterocycles. The largest absolute Gasteiger partial charge is 0.394 e. The molecule has 3 heteroatoms. The predicted molar refractivity (Wildman–Crippen MR) is 68.4 cm³/mol. The van der Waals surface area contributed by atoms with Crippen LogP contribution >= 0.6 is 0 Å². The van der Waals surface area contributed by atoms with Gasteiger partial charge in [-0.3, -0.25) is 0 Å². The lowest BCUT2D eigenvalue weighted by Crippen LogP contribution is -2.29. The highest BCUT2D eigenvalue weighted by atomic mass is 28.3. The Morgan fingerprint density at radius 3 is 2.00 bits per heavy atom. The van der Waals surface area contributed by atoms with Crippen molar-refractivity contribution >= 4 is 9.28 Å². The lowest BCUT2D eigenvalue weighted by Gasteiger charge is -2.21. The fourth-order valence-electron chi connectivity index (χ4n) is 1.37. The van der Waals surface area contributed by atoms with E-state index in [4.69, 9.17) is 8.85 Å². The normalized spacial score (nSPS) is 11.7. The van der Waals surface area contributed by atoms with Gasteiger partial charge in [0.15, 0.2) is 0 Å². The molecule has 0 atom stereocenters. The van der Waals surface area contributed by atoms with Crippen molar-refractivity contribution in [3.05, 3.63) is 12.7 Å². The number of hydrogen-bond donors (Lipinski definition) is 0. The quantitative estimate of drug-likeness (QED) is 0.343. The topological polar surface area (TPSA) is 18.5 Å². The van der Waals surface area contributed by atoms with Crippen LogP contribution in [0.15, 0.2) is 12.7 Å². The third-order valence-electron chi connectivity index (χ3n) is 1.95. The van der Waals surface area contributed by atoms with Crippen molar-refractivity contribution in [3.63, 3.8) is 0 Å². The maximum Gasteiger partial charge on any atom is 0.321 e. The highest BCUT2D eigenvalue weighted by Gasteiger charge is 2.16. The maximum absolute atomic E-state index is 5.83. The van der Waals surface area contributed by atoms with E-state index in [-0.39, 0.29) is 0 Å². The van der Waals surface area contributed by atoms with Gasteiger partial charge in [-0.25, -0.2) is 0 Å². The Morgan fingerprint density at radius 1 is 1.07 bits per heavy atom. The number of hydrogen-bond acceptors (Lipinski definition) is 2. The van der Waals surface area contributed by atoms with Gasteiger partial charge in [-0.15, -0.1) is 6.58 Å². The van der Waals surface area contributed by atoms with Crippen LogP contribution in [-0.2, 0) is 8.85 Å². The van der Waals surface area contributed by atoms with Gasteiger partial charge in [0.05, 0.1) is 0 Å². The van der Waals surface area contributed by atoms with Crippen molar-refractivity contribution in [2.75, 3.05) is 0 Å². The molecule has 0 rings (SSSR count). The van der Waals surface area contributed by atoms with E-state index in [2.05, 4.69) is 34.3 Å². The summed E-state index contributed by atoms with van der Waals surface area (Å²) < 4.78 is 11.7. The van der Waals surface area contributed by atoms with Crippen molar-refractivity contribution in [1.29, 1.82) is 0 Å². The Balaban J connectivity index is 3.74. The first-order chi connectivity index (χ1) is 7.06. The Morgan fingerprint density at radius 2 is 1.60 bits per heavy atom. The fraction of sp³-hybridized carbons (Fsp3) is 0.833. The first-order valence-electron chi connectivity index (χ1n) is 5.98. The van der Waals surface area contributed by atoms with Gasteiger partial charge in [0, 0.05) is 12.2 Å². The third-order valence-corrected chi connectivity index (χ3v) is 4.52. The summed E-state index contributed by atoms with van der Waals surface area (Å²) in [6, 6.07) is 1.12. The molecule has 0 saturated heterocycles. The van der Waals surface area contributed by atoms with Crippen LogP contribution < -0.4 is 0 Å². The monoisotopic (exact) mass is 230 g/mol. The minimum Gasteiger partial charge on any atom is -0.394 e. The van der Waals surface area contributed by atoms with Gasteiger partial charge >= 0.3 is 9.28 Å². The van der Waals surface area contributed by atoms with Crippen LogP contribution in [-0.4, -0.2) is 21.5 Å². The molecule has 0 amide bonds. The van der Waals surface area contributed by atoms with Crippen molar-refractivity contribution in [2.45, 2.75) is 65.2 Å². The van der Waals surface area contributed by atoms with E-state index in [1.807, 2.05) is 6.08 Å². The molecular formula is C12H26O2Si. The van der Waals surface area contributed by atoms with Crippen LogP contribution in [0, 0.1) is 0 Å². The minimum atomic E-state index is -1.43. The summed E-state index contributed by atoms with van der Waals surface area (Å²) in [6.07, 6.45) is 6.06. The zero-order chi connectivity index (χ0) is 11.7. The van der Waals surface area contributed by atoms with Gasteiger partial charge in [0.1, 0.15) is 0 Å². The Bertz CT molecular complexity index is 148. The number of rotatable bonds is 9. The van der Waals surface area contributed by atoms with E-state index in [0.29, 0.717) is 12.2 Å². The molecule has 90 valence electrons. The summed E-state index contributed by atoms with van der Waals surface area (Å²) in [5.74, 6) is 0. The number of allylic oxidation sites excluding steroid dienone is 1. The highest BCUT2D eigenvalue weighted by molar-refractivity contribution is 6.44. The smallest absolute Gasteiger partial charge is 0.321 e. The van der Waals surface area contributed by atoms with Gasteiger partial charge in [-0.1, -0.05) is 12.5 Å². The van der Waals surface area contributed by atoms with Crippen LogP contribution in [0.4, 0.5) is 0 Å². The first-order valence-corrected chi connectivity index (χ1v) is 7.74. The van der Waals surface area contributed by atoms with Gasteiger partial charge in [-0.2, -0.15) is 0 Å². The van der Waals surface area contributed by atoms with Crippen LogP contribution in [0.1, 0.15) is 47.0 Å². The molecule has 0 aromatic rings. The SMILES string of the molecule is C=CCCCC[SiH](OC(C)C)OC(C)C. The third kappa shape index (κ3) is 10.2. The lowest BCUT2D eigenvalue weighted by atomic mass is 10.2. The summed E-state index contributed by atoms with van der Waals surface area (Å²) in [4.78, 5) is 0. The Labute approximate surface area is 96.5 Å². The van der Waals surface area contributed by atoms with Crippen molar-refractivity contribution < 1.29 is 8.85 Å². The predicted octanol–water partition coefficient (Wildman–Crippen LogP) is 3.41. The van der Waals surface area contributed by atoms with E-state index in [1.54, 1.807) is 0 Å². The second kappa shape index (κ2) is 9.13. The Hall–Kier alpha value is -0.123. The van der Waals surface area contributed by atoms with Crippen LogP contribution in [0.5, 0.6) is 0 Å². The Kier molecular flexibility index (Phi) is 9.05. The van der Waals surface area contributed by atoms with E-state index in [1.165, 1.54) is 12.8 Å². The zero-order valence-corrected chi connectivity index (χ0v) is 11.8. The van der Waals surface area contributed by atoms with Crippen LogP contribution in [0.2, 0.25) is 6.04 Å². The molecule has 0 radical (unpaired) electrons. The van der Waals surface area contributed by atoms with Gasteiger partial charge in [0.25, 0.3) is 0 Å². The molecule has 0 N–H and O–H groups in total. The van der Waals surface area contributed by atoms with Crippen LogP contribution in [0.3, 0.4) is 0 Å². The highest BCUT2D eigenvalue weighted by Crippen LogP contribution is 2.10. The second-order valence-corrected chi connectivity index (χ2v) is 6.35. The van der Waals surface area contributed by atoms with E-state index in [9.17, 15) is 0 Å². The van der Waals surface area contributed by atoms with E-state index in [0.717, 1.165) is 12.5 Å². The molecule has 0 saturated carbocycles. The maximum atomic E-state index is 5.83. The molecule has 0 aromatic carbocycles. The molecular weight excluding hydrogens is 204 g/mol. The summed E-state index contributed by atoms with van der Waals surface area (Å²) in [7, 11) is -1.43. The van der Waals surface area contributed by atoms with Crippen molar-refractivity contribution in [2.24, 2.45) is 0 Å². The molecule has 2 nitrogen and oxygen atoms in total. The summed E-state index contributed by atoms with van der Waals surface area (Å²) >= 11 is 0. The fourth-order valence-corrected chi connectivity index (χ4v) is 3.55. The van der Waals surface area contributed by atoms with E-state index < -0.39 is 9.28 Å². The average Bonchev–Trinajstić information content (AvgIpc) is 2.10.